The average molecular weight is 265 g/mol. The summed E-state index contributed by atoms with van der Waals surface area (Å²) in [5, 5.41) is 0. The van der Waals surface area contributed by atoms with E-state index >= 15 is 0 Å². The van der Waals surface area contributed by atoms with E-state index in [-0.39, 0.29) is 0 Å². The van der Waals surface area contributed by atoms with Gasteiger partial charge in [0.15, 0.2) is 11.2 Å². The average Bonchev–Trinajstić information content (AvgIpc) is 2.76. The van der Waals surface area contributed by atoms with Crippen LogP contribution < -0.4 is 16.1 Å². The maximum Gasteiger partial charge on any atom is 0.329 e. The van der Waals surface area contributed by atoms with Crippen molar-refractivity contribution in [2.45, 2.75) is 0 Å². The number of morpholine rings is 1. The number of nitrogens with one attached hydrogen (secondary N) is 1. The molecule has 19 heavy (non-hydrogen) atoms. The third-order valence-corrected chi connectivity index (χ3v) is 3.40. The van der Waals surface area contributed by atoms with E-state index < -0.39 is 11.2 Å². The molecule has 8 heteroatoms. The van der Waals surface area contributed by atoms with Gasteiger partial charge >= 0.3 is 5.69 Å². The van der Waals surface area contributed by atoms with E-state index in [1.54, 1.807) is 18.7 Å². The lowest BCUT2D eigenvalue weighted by molar-refractivity contribution is 0.122. The molecule has 3 heterocycles. The maximum absolute atomic E-state index is 11.9. The highest BCUT2D eigenvalue weighted by Gasteiger charge is 2.20. The first kappa shape index (κ1) is 12.0. The largest absolute Gasteiger partial charge is 0.378 e. The number of H-pyrrole nitrogens is 1. The van der Waals surface area contributed by atoms with Crippen LogP contribution in [0.4, 0.5) is 5.95 Å². The second kappa shape index (κ2) is 4.23. The lowest BCUT2D eigenvalue weighted by atomic mass is 10.4. The first-order valence-corrected chi connectivity index (χ1v) is 6.08. The Morgan fingerprint density at radius 1 is 1.16 bits per heavy atom. The van der Waals surface area contributed by atoms with Gasteiger partial charge in [0.1, 0.15) is 0 Å². The molecule has 0 spiro atoms. The molecule has 0 atom stereocenters. The molecular weight excluding hydrogens is 250 g/mol. The zero-order chi connectivity index (χ0) is 13.6. The molecule has 2 aromatic heterocycles. The van der Waals surface area contributed by atoms with E-state index in [9.17, 15) is 9.59 Å². The second-order valence-corrected chi connectivity index (χ2v) is 4.56. The predicted molar refractivity (Wildman–Crippen MR) is 69.6 cm³/mol. The van der Waals surface area contributed by atoms with Crippen LogP contribution in [-0.4, -0.2) is 45.4 Å². The molecule has 0 aliphatic carbocycles. The number of aromatic nitrogens is 4. The van der Waals surface area contributed by atoms with Gasteiger partial charge in [-0.1, -0.05) is 0 Å². The van der Waals surface area contributed by atoms with Crippen molar-refractivity contribution in [3.05, 3.63) is 20.8 Å². The lowest BCUT2D eigenvalue weighted by Gasteiger charge is -2.27. The van der Waals surface area contributed by atoms with Gasteiger partial charge in [-0.3, -0.25) is 14.3 Å². The molecule has 0 unspecified atom stereocenters. The summed E-state index contributed by atoms with van der Waals surface area (Å²) < 4.78 is 8.37. The Balaban J connectivity index is 2.25. The van der Waals surface area contributed by atoms with Crippen molar-refractivity contribution < 1.29 is 4.74 Å². The zero-order valence-electron chi connectivity index (χ0n) is 10.8. The Hall–Kier alpha value is -2.09. The minimum atomic E-state index is -0.455. The molecular formula is C11H15N5O3. The Kier molecular flexibility index (Phi) is 2.67. The topological polar surface area (TPSA) is 85.2 Å². The van der Waals surface area contributed by atoms with Gasteiger partial charge in [0.2, 0.25) is 5.95 Å². The van der Waals surface area contributed by atoms with Crippen LogP contribution in [0.25, 0.3) is 11.2 Å². The number of nitrogens with zero attached hydrogens (tertiary/aromatic N) is 4. The number of fused-ring (bicyclic) bond motifs is 1. The van der Waals surface area contributed by atoms with Crippen LogP contribution in [0.15, 0.2) is 9.59 Å². The number of aromatic amines is 1. The number of imidazole rings is 1. The summed E-state index contributed by atoms with van der Waals surface area (Å²) in [6.45, 7) is 2.73. The summed E-state index contributed by atoms with van der Waals surface area (Å²) in [7, 11) is 3.37. The quantitative estimate of drug-likeness (QED) is 0.700. The van der Waals surface area contributed by atoms with Gasteiger partial charge in [0.25, 0.3) is 5.56 Å². The fourth-order valence-corrected chi connectivity index (χ4v) is 2.34. The minimum Gasteiger partial charge on any atom is -0.378 e. The first-order valence-electron chi connectivity index (χ1n) is 6.08. The van der Waals surface area contributed by atoms with Crippen molar-refractivity contribution in [3.8, 4) is 0 Å². The summed E-state index contributed by atoms with van der Waals surface area (Å²) in [4.78, 5) is 32.2. The highest BCUT2D eigenvalue weighted by molar-refractivity contribution is 5.74. The van der Waals surface area contributed by atoms with Crippen LogP contribution >= 0.6 is 0 Å². The van der Waals surface area contributed by atoms with Gasteiger partial charge in [-0.2, -0.15) is 4.98 Å². The fourth-order valence-electron chi connectivity index (χ4n) is 2.34. The molecule has 1 N–H and O–H groups in total. The molecule has 1 fully saturated rings. The van der Waals surface area contributed by atoms with Crippen LogP contribution in [-0.2, 0) is 18.8 Å². The predicted octanol–water partition coefficient (Wildman–Crippen LogP) is -1.20. The SMILES string of the molecule is Cn1c(N2CCOCC2)nc2c1c(=O)[nH]c(=O)n2C. The fraction of sp³-hybridized carbons (Fsp3) is 0.545. The highest BCUT2D eigenvalue weighted by Crippen LogP contribution is 2.18. The van der Waals surface area contributed by atoms with E-state index in [0.29, 0.717) is 30.3 Å². The van der Waals surface area contributed by atoms with Gasteiger partial charge in [-0.25, -0.2) is 4.79 Å². The van der Waals surface area contributed by atoms with Crippen molar-refractivity contribution >= 4 is 17.1 Å². The molecule has 0 aromatic carbocycles. The van der Waals surface area contributed by atoms with Gasteiger partial charge in [0.05, 0.1) is 13.2 Å². The third-order valence-electron chi connectivity index (χ3n) is 3.40. The Morgan fingerprint density at radius 3 is 2.53 bits per heavy atom. The Labute approximate surface area is 108 Å². The number of aryl methyl sites for hydroxylation is 2. The van der Waals surface area contributed by atoms with Crippen LogP contribution in [0, 0.1) is 0 Å². The molecule has 0 radical (unpaired) electrons. The zero-order valence-corrected chi connectivity index (χ0v) is 10.8. The van der Waals surface area contributed by atoms with E-state index in [2.05, 4.69) is 9.97 Å². The van der Waals surface area contributed by atoms with E-state index in [4.69, 9.17) is 4.74 Å². The molecule has 3 rings (SSSR count). The molecule has 1 saturated heterocycles. The number of rotatable bonds is 1. The van der Waals surface area contributed by atoms with Gasteiger partial charge in [-0.15, -0.1) is 0 Å². The molecule has 2 aromatic rings. The standard InChI is InChI=1S/C11H15N5O3/c1-14-7-8(15(2)11(18)13-9(7)17)12-10(14)16-3-5-19-6-4-16/h3-6H2,1-2H3,(H,13,17,18). The number of hydrogen-bond donors (Lipinski definition) is 1. The van der Waals surface area contributed by atoms with Crippen LogP contribution in [0.5, 0.6) is 0 Å². The van der Waals surface area contributed by atoms with Crippen molar-refractivity contribution in [2.75, 3.05) is 31.2 Å². The molecule has 1 aliphatic rings. The third kappa shape index (κ3) is 1.75. The van der Waals surface area contributed by atoms with Gasteiger partial charge < -0.3 is 14.2 Å². The lowest BCUT2D eigenvalue weighted by Crippen LogP contribution is -2.37. The van der Waals surface area contributed by atoms with Crippen LogP contribution in [0.2, 0.25) is 0 Å². The van der Waals surface area contributed by atoms with E-state index in [1.807, 2.05) is 4.90 Å². The van der Waals surface area contributed by atoms with Crippen molar-refractivity contribution in [1.82, 2.24) is 19.1 Å². The maximum atomic E-state index is 11.9. The summed E-state index contributed by atoms with van der Waals surface area (Å²) in [6, 6.07) is 0. The first-order chi connectivity index (χ1) is 9.09. The Bertz CT molecular complexity index is 735. The number of anilines is 1. The summed E-state index contributed by atoms with van der Waals surface area (Å²) in [5.74, 6) is 0.685. The molecule has 0 bridgehead atoms. The molecule has 8 nitrogen and oxygen atoms in total. The number of ether oxygens (including phenoxy) is 1. The summed E-state index contributed by atoms with van der Waals surface area (Å²) >= 11 is 0. The van der Waals surface area contributed by atoms with E-state index in [0.717, 1.165) is 13.1 Å². The summed E-state index contributed by atoms with van der Waals surface area (Å²) in [5.41, 5.74) is -0.0573. The highest BCUT2D eigenvalue weighted by atomic mass is 16.5. The van der Waals surface area contributed by atoms with Crippen molar-refractivity contribution in [3.63, 3.8) is 0 Å². The second-order valence-electron chi connectivity index (χ2n) is 4.56. The number of hydrogen-bond acceptors (Lipinski definition) is 5. The van der Waals surface area contributed by atoms with Gasteiger partial charge in [0, 0.05) is 27.2 Å². The molecule has 102 valence electrons. The van der Waals surface area contributed by atoms with Gasteiger partial charge in [-0.05, 0) is 0 Å². The van der Waals surface area contributed by atoms with Crippen molar-refractivity contribution in [1.29, 1.82) is 0 Å². The van der Waals surface area contributed by atoms with Crippen molar-refractivity contribution in [2.24, 2.45) is 14.1 Å². The minimum absolute atomic E-state index is 0.401. The van der Waals surface area contributed by atoms with Crippen LogP contribution in [0.3, 0.4) is 0 Å². The molecule has 0 saturated carbocycles. The smallest absolute Gasteiger partial charge is 0.329 e. The van der Waals surface area contributed by atoms with Crippen LogP contribution in [0.1, 0.15) is 0 Å². The van der Waals surface area contributed by atoms with E-state index in [1.165, 1.54) is 4.57 Å². The normalized spacial score (nSPS) is 16.2. The monoisotopic (exact) mass is 265 g/mol. The summed E-state index contributed by atoms with van der Waals surface area (Å²) in [6.07, 6.45) is 0. The molecule has 1 aliphatic heterocycles. The molecule has 0 amide bonds. The Morgan fingerprint density at radius 2 is 1.84 bits per heavy atom.